The Balaban J connectivity index is 0.00000392. The molecule has 1 aliphatic rings. The number of ether oxygens (including phenoxy) is 1. The van der Waals surface area contributed by atoms with Gasteiger partial charge in [0.2, 0.25) is 5.91 Å². The fourth-order valence-corrected chi connectivity index (χ4v) is 2.88. The molecular weight excluding hydrogens is 483 g/mol. The SMILES string of the molecule is CN=C(NCCN1CCN(C(C)=O)CC1)NCc1ccccc1OC(F)F.I. The van der Waals surface area contributed by atoms with Crippen LogP contribution in [0.25, 0.3) is 0 Å². The zero-order chi connectivity index (χ0) is 19.6. The molecule has 2 N–H and O–H groups in total. The fourth-order valence-electron chi connectivity index (χ4n) is 2.88. The summed E-state index contributed by atoms with van der Waals surface area (Å²) in [7, 11) is 1.66. The largest absolute Gasteiger partial charge is 0.434 e. The second-order valence-electron chi connectivity index (χ2n) is 6.19. The first-order valence-electron chi connectivity index (χ1n) is 8.94. The highest BCUT2D eigenvalue weighted by molar-refractivity contribution is 14.0. The lowest BCUT2D eigenvalue weighted by molar-refractivity contribution is -0.130. The summed E-state index contributed by atoms with van der Waals surface area (Å²) >= 11 is 0. The Labute approximate surface area is 181 Å². The minimum Gasteiger partial charge on any atom is -0.434 e. The van der Waals surface area contributed by atoms with Crippen LogP contribution in [0.15, 0.2) is 29.3 Å². The molecule has 0 saturated carbocycles. The molecule has 0 unspecified atom stereocenters. The molecule has 1 aromatic carbocycles. The minimum atomic E-state index is -2.85. The smallest absolute Gasteiger partial charge is 0.387 e. The van der Waals surface area contributed by atoms with Gasteiger partial charge in [0, 0.05) is 65.3 Å². The van der Waals surface area contributed by atoms with Gasteiger partial charge >= 0.3 is 6.61 Å². The number of hydrogen-bond acceptors (Lipinski definition) is 4. The summed E-state index contributed by atoms with van der Waals surface area (Å²) in [5.41, 5.74) is 0.626. The lowest BCUT2D eigenvalue weighted by Gasteiger charge is -2.34. The van der Waals surface area contributed by atoms with E-state index in [1.807, 2.05) is 4.90 Å². The molecule has 0 aliphatic carbocycles. The van der Waals surface area contributed by atoms with Gasteiger partial charge in [-0.2, -0.15) is 8.78 Å². The average molecular weight is 511 g/mol. The molecule has 1 aromatic rings. The maximum Gasteiger partial charge on any atom is 0.387 e. The molecule has 1 heterocycles. The summed E-state index contributed by atoms with van der Waals surface area (Å²) in [6.07, 6.45) is 0. The number of aliphatic imine (C=N–C) groups is 1. The van der Waals surface area contributed by atoms with E-state index < -0.39 is 6.61 Å². The summed E-state index contributed by atoms with van der Waals surface area (Å²) in [4.78, 5) is 19.6. The van der Waals surface area contributed by atoms with Gasteiger partial charge in [0.05, 0.1) is 0 Å². The molecule has 0 aromatic heterocycles. The number of halogens is 3. The zero-order valence-electron chi connectivity index (χ0n) is 16.2. The number of nitrogens with zero attached hydrogens (tertiary/aromatic N) is 3. The Bertz CT molecular complexity index is 640. The Morgan fingerprint density at radius 1 is 1.21 bits per heavy atom. The van der Waals surface area contributed by atoms with Crippen LogP contribution in [0.3, 0.4) is 0 Å². The highest BCUT2D eigenvalue weighted by Crippen LogP contribution is 2.19. The van der Waals surface area contributed by atoms with Crippen molar-refractivity contribution < 1.29 is 18.3 Å². The van der Waals surface area contributed by atoms with Gasteiger partial charge in [-0.15, -0.1) is 24.0 Å². The number of para-hydroxylation sites is 1. The number of hydrogen-bond donors (Lipinski definition) is 2. The quantitative estimate of drug-likeness (QED) is 0.332. The van der Waals surface area contributed by atoms with E-state index in [9.17, 15) is 13.6 Å². The van der Waals surface area contributed by atoms with Crippen molar-refractivity contribution in [3.63, 3.8) is 0 Å². The number of carbonyl (C=O) groups is 1. The predicted octanol–water partition coefficient (Wildman–Crippen LogP) is 1.74. The third-order valence-corrected chi connectivity index (χ3v) is 4.40. The molecule has 1 amide bonds. The topological polar surface area (TPSA) is 69.2 Å². The van der Waals surface area contributed by atoms with E-state index in [0.717, 1.165) is 32.7 Å². The Hall–Kier alpha value is -1.69. The van der Waals surface area contributed by atoms with Crippen LogP contribution in [-0.2, 0) is 11.3 Å². The van der Waals surface area contributed by atoms with Gasteiger partial charge in [0.15, 0.2) is 5.96 Å². The Kier molecular flexibility index (Phi) is 11.0. The fraction of sp³-hybridized carbons (Fsp3) is 0.556. The van der Waals surface area contributed by atoms with E-state index >= 15 is 0 Å². The van der Waals surface area contributed by atoms with Crippen molar-refractivity contribution in [3.8, 4) is 5.75 Å². The number of benzene rings is 1. The number of nitrogens with one attached hydrogen (secondary N) is 2. The van der Waals surface area contributed by atoms with Crippen LogP contribution in [-0.4, -0.2) is 74.6 Å². The maximum atomic E-state index is 12.5. The highest BCUT2D eigenvalue weighted by Gasteiger charge is 2.18. The minimum absolute atomic E-state index is 0. The van der Waals surface area contributed by atoms with Gasteiger partial charge in [0.1, 0.15) is 5.75 Å². The number of carbonyl (C=O) groups excluding carboxylic acids is 1. The van der Waals surface area contributed by atoms with Crippen LogP contribution in [0.5, 0.6) is 5.75 Å². The molecular formula is C18H28F2IN5O2. The zero-order valence-corrected chi connectivity index (χ0v) is 18.5. The second kappa shape index (κ2) is 12.7. The van der Waals surface area contributed by atoms with Crippen LogP contribution >= 0.6 is 24.0 Å². The Morgan fingerprint density at radius 3 is 2.50 bits per heavy atom. The van der Waals surface area contributed by atoms with Gasteiger partial charge in [-0.05, 0) is 6.07 Å². The van der Waals surface area contributed by atoms with Crippen molar-refractivity contribution in [2.24, 2.45) is 4.99 Å². The van der Waals surface area contributed by atoms with E-state index in [-0.39, 0.29) is 35.6 Å². The number of alkyl halides is 2. The van der Waals surface area contributed by atoms with E-state index in [1.54, 1.807) is 32.2 Å². The van der Waals surface area contributed by atoms with Crippen molar-refractivity contribution in [2.75, 3.05) is 46.3 Å². The van der Waals surface area contributed by atoms with Gasteiger partial charge in [-0.25, -0.2) is 0 Å². The first-order valence-corrected chi connectivity index (χ1v) is 8.94. The Morgan fingerprint density at radius 2 is 1.89 bits per heavy atom. The van der Waals surface area contributed by atoms with Gasteiger partial charge in [0.25, 0.3) is 0 Å². The molecule has 2 rings (SSSR count). The molecule has 28 heavy (non-hydrogen) atoms. The molecule has 158 valence electrons. The molecule has 1 saturated heterocycles. The lowest BCUT2D eigenvalue weighted by Crippen LogP contribution is -2.50. The lowest BCUT2D eigenvalue weighted by atomic mass is 10.2. The number of piperazine rings is 1. The maximum absolute atomic E-state index is 12.5. The first-order chi connectivity index (χ1) is 13.0. The predicted molar refractivity (Wildman–Crippen MR) is 115 cm³/mol. The van der Waals surface area contributed by atoms with E-state index in [2.05, 4.69) is 25.3 Å². The van der Waals surface area contributed by atoms with Crippen LogP contribution < -0.4 is 15.4 Å². The average Bonchev–Trinajstić information content (AvgIpc) is 2.65. The standard InChI is InChI=1S/C18H27F2N5O2.HI/c1-14(26)25-11-9-24(10-12-25)8-7-22-18(21-2)23-13-15-5-3-4-6-16(15)27-17(19)20;/h3-6,17H,7-13H2,1-2H3,(H2,21,22,23);1H. The number of rotatable bonds is 7. The molecule has 0 radical (unpaired) electrons. The number of amides is 1. The third-order valence-electron chi connectivity index (χ3n) is 4.40. The summed E-state index contributed by atoms with van der Waals surface area (Å²) in [6.45, 7) is 3.79. The van der Waals surface area contributed by atoms with Crippen LogP contribution in [0.1, 0.15) is 12.5 Å². The van der Waals surface area contributed by atoms with Crippen molar-refractivity contribution in [3.05, 3.63) is 29.8 Å². The summed E-state index contributed by atoms with van der Waals surface area (Å²) < 4.78 is 29.5. The molecule has 0 spiro atoms. The molecule has 10 heteroatoms. The van der Waals surface area contributed by atoms with Crippen molar-refractivity contribution in [2.45, 2.75) is 20.1 Å². The van der Waals surface area contributed by atoms with Crippen LogP contribution in [0.2, 0.25) is 0 Å². The van der Waals surface area contributed by atoms with Crippen LogP contribution in [0.4, 0.5) is 8.78 Å². The molecule has 0 bridgehead atoms. The summed E-state index contributed by atoms with van der Waals surface area (Å²) in [5, 5.41) is 6.31. The van der Waals surface area contributed by atoms with E-state index in [4.69, 9.17) is 0 Å². The van der Waals surface area contributed by atoms with Crippen LogP contribution in [0, 0.1) is 0 Å². The third kappa shape index (κ3) is 8.13. The summed E-state index contributed by atoms with van der Waals surface area (Å²) in [6, 6.07) is 6.67. The highest BCUT2D eigenvalue weighted by atomic mass is 127. The van der Waals surface area contributed by atoms with Gasteiger partial charge in [-0.1, -0.05) is 18.2 Å². The number of guanidine groups is 1. The normalized spacial score (nSPS) is 15.2. The van der Waals surface area contributed by atoms with Crippen molar-refractivity contribution >= 4 is 35.8 Å². The van der Waals surface area contributed by atoms with Crippen molar-refractivity contribution in [1.29, 1.82) is 0 Å². The van der Waals surface area contributed by atoms with Crippen molar-refractivity contribution in [1.82, 2.24) is 20.4 Å². The molecule has 1 aliphatic heterocycles. The van der Waals surface area contributed by atoms with E-state index in [0.29, 0.717) is 24.6 Å². The molecule has 0 atom stereocenters. The van der Waals surface area contributed by atoms with Gasteiger partial charge in [-0.3, -0.25) is 14.7 Å². The molecule has 1 fully saturated rings. The molecule has 7 nitrogen and oxygen atoms in total. The van der Waals surface area contributed by atoms with E-state index in [1.165, 1.54) is 6.07 Å². The second-order valence-corrected chi connectivity index (χ2v) is 6.19. The monoisotopic (exact) mass is 511 g/mol. The van der Waals surface area contributed by atoms with Gasteiger partial charge < -0.3 is 20.3 Å². The first kappa shape index (κ1) is 24.3. The summed E-state index contributed by atoms with van der Waals surface area (Å²) in [5.74, 6) is 0.858.